The normalized spacial score (nSPS) is 16.4. The summed E-state index contributed by atoms with van der Waals surface area (Å²) in [6.07, 6.45) is 3.79. The number of piperazine rings is 1. The van der Waals surface area contributed by atoms with Gasteiger partial charge in [0.25, 0.3) is 0 Å². The SMILES string of the molecule is CCn1ccnc1N1CCN(C(=O)CCl)CC1. The van der Waals surface area contributed by atoms with Crippen LogP contribution >= 0.6 is 11.6 Å². The zero-order valence-corrected chi connectivity index (χ0v) is 10.7. The number of rotatable bonds is 3. The van der Waals surface area contributed by atoms with Gasteiger partial charge in [-0.3, -0.25) is 4.79 Å². The van der Waals surface area contributed by atoms with Crippen LogP contribution in [-0.4, -0.2) is 52.4 Å². The molecule has 1 aliphatic heterocycles. The Morgan fingerprint density at radius 1 is 1.41 bits per heavy atom. The van der Waals surface area contributed by atoms with E-state index in [-0.39, 0.29) is 11.8 Å². The van der Waals surface area contributed by atoms with Gasteiger partial charge in [-0.25, -0.2) is 4.98 Å². The molecule has 0 atom stereocenters. The monoisotopic (exact) mass is 256 g/mol. The first kappa shape index (κ1) is 12.2. The van der Waals surface area contributed by atoms with Gasteiger partial charge in [0.15, 0.2) is 0 Å². The first-order chi connectivity index (χ1) is 8.26. The van der Waals surface area contributed by atoms with Crippen molar-refractivity contribution in [1.82, 2.24) is 14.5 Å². The minimum atomic E-state index is 0.0187. The van der Waals surface area contributed by atoms with E-state index in [9.17, 15) is 4.79 Å². The first-order valence-electron chi connectivity index (χ1n) is 5.86. The van der Waals surface area contributed by atoms with E-state index in [2.05, 4.69) is 21.4 Å². The number of alkyl halides is 1. The number of carbonyl (C=O) groups is 1. The summed E-state index contributed by atoms with van der Waals surface area (Å²) in [5.74, 6) is 1.08. The van der Waals surface area contributed by atoms with Gasteiger partial charge >= 0.3 is 0 Å². The van der Waals surface area contributed by atoms with Crippen LogP contribution in [0.4, 0.5) is 5.95 Å². The Balaban J connectivity index is 1.97. The highest BCUT2D eigenvalue weighted by molar-refractivity contribution is 6.27. The van der Waals surface area contributed by atoms with Crippen LogP contribution in [0.25, 0.3) is 0 Å². The maximum atomic E-state index is 11.4. The number of carbonyl (C=O) groups excluding carboxylic acids is 1. The lowest BCUT2D eigenvalue weighted by Gasteiger charge is -2.35. The Morgan fingerprint density at radius 2 is 2.12 bits per heavy atom. The molecule has 0 aromatic carbocycles. The number of hydrogen-bond acceptors (Lipinski definition) is 3. The molecular weight excluding hydrogens is 240 g/mol. The minimum Gasteiger partial charge on any atom is -0.339 e. The number of amides is 1. The van der Waals surface area contributed by atoms with E-state index in [1.165, 1.54) is 0 Å². The summed E-state index contributed by atoms with van der Waals surface area (Å²) in [6, 6.07) is 0. The van der Waals surface area contributed by atoms with Gasteiger partial charge in [0.05, 0.1) is 0 Å². The van der Waals surface area contributed by atoms with Crippen LogP contribution in [0, 0.1) is 0 Å². The zero-order chi connectivity index (χ0) is 12.3. The van der Waals surface area contributed by atoms with Crippen molar-refractivity contribution in [2.45, 2.75) is 13.5 Å². The highest BCUT2D eigenvalue weighted by atomic mass is 35.5. The Morgan fingerprint density at radius 3 is 2.71 bits per heavy atom. The van der Waals surface area contributed by atoms with E-state index in [4.69, 9.17) is 11.6 Å². The van der Waals surface area contributed by atoms with Crippen LogP contribution in [0.2, 0.25) is 0 Å². The fourth-order valence-electron chi connectivity index (χ4n) is 2.07. The number of halogens is 1. The predicted octanol–water partition coefficient (Wildman–Crippen LogP) is 0.790. The maximum Gasteiger partial charge on any atom is 0.237 e. The highest BCUT2D eigenvalue weighted by Crippen LogP contribution is 2.14. The number of aryl methyl sites for hydroxylation is 1. The second-order valence-electron chi connectivity index (χ2n) is 4.01. The number of imidazole rings is 1. The van der Waals surface area contributed by atoms with Crippen LogP contribution in [0.3, 0.4) is 0 Å². The zero-order valence-electron chi connectivity index (χ0n) is 9.97. The fourth-order valence-corrected chi connectivity index (χ4v) is 2.24. The largest absolute Gasteiger partial charge is 0.339 e. The average Bonchev–Trinajstić information content (AvgIpc) is 2.86. The molecule has 1 aromatic rings. The molecule has 0 spiro atoms. The third-order valence-corrected chi connectivity index (χ3v) is 3.29. The number of nitrogens with zero attached hydrogens (tertiary/aromatic N) is 4. The van der Waals surface area contributed by atoms with Gasteiger partial charge in [0.1, 0.15) is 5.88 Å². The molecule has 1 aromatic heterocycles. The Hall–Kier alpha value is -1.23. The lowest BCUT2D eigenvalue weighted by atomic mass is 10.3. The number of anilines is 1. The van der Waals surface area contributed by atoms with Crippen molar-refractivity contribution in [2.75, 3.05) is 37.0 Å². The quantitative estimate of drug-likeness (QED) is 0.751. The van der Waals surface area contributed by atoms with E-state index in [1.54, 1.807) is 0 Å². The van der Waals surface area contributed by atoms with Gasteiger partial charge < -0.3 is 14.4 Å². The van der Waals surface area contributed by atoms with Gasteiger partial charge in [-0.05, 0) is 6.92 Å². The predicted molar refractivity (Wildman–Crippen MR) is 67.4 cm³/mol. The summed E-state index contributed by atoms with van der Waals surface area (Å²) in [5, 5.41) is 0. The van der Waals surface area contributed by atoms with E-state index < -0.39 is 0 Å². The molecule has 0 N–H and O–H groups in total. The van der Waals surface area contributed by atoms with Crippen molar-refractivity contribution < 1.29 is 4.79 Å². The molecule has 0 unspecified atom stereocenters. The highest BCUT2D eigenvalue weighted by Gasteiger charge is 2.22. The van der Waals surface area contributed by atoms with Gasteiger partial charge in [-0.1, -0.05) is 0 Å². The van der Waals surface area contributed by atoms with Crippen LogP contribution < -0.4 is 4.90 Å². The molecule has 1 aliphatic rings. The fraction of sp³-hybridized carbons (Fsp3) is 0.636. The topological polar surface area (TPSA) is 41.4 Å². The summed E-state index contributed by atoms with van der Waals surface area (Å²) < 4.78 is 2.11. The van der Waals surface area contributed by atoms with Crippen LogP contribution in [0.1, 0.15) is 6.92 Å². The minimum absolute atomic E-state index is 0.0187. The smallest absolute Gasteiger partial charge is 0.237 e. The van der Waals surface area contributed by atoms with Crippen molar-refractivity contribution in [3.05, 3.63) is 12.4 Å². The Labute approximate surface area is 106 Å². The summed E-state index contributed by atoms with van der Waals surface area (Å²) in [7, 11) is 0. The molecule has 1 fully saturated rings. The molecule has 17 heavy (non-hydrogen) atoms. The number of aromatic nitrogens is 2. The molecule has 94 valence electrons. The lowest BCUT2D eigenvalue weighted by Crippen LogP contribution is -2.49. The third kappa shape index (κ3) is 2.54. The lowest BCUT2D eigenvalue weighted by molar-refractivity contribution is -0.128. The molecule has 2 heterocycles. The molecular formula is C11H17ClN4O. The van der Waals surface area contributed by atoms with E-state index in [0.717, 1.165) is 38.7 Å². The van der Waals surface area contributed by atoms with Crippen LogP contribution in [0.5, 0.6) is 0 Å². The first-order valence-corrected chi connectivity index (χ1v) is 6.39. The maximum absolute atomic E-state index is 11.4. The van der Waals surface area contributed by atoms with Crippen molar-refractivity contribution in [1.29, 1.82) is 0 Å². The Bertz CT molecular complexity index is 385. The summed E-state index contributed by atoms with van der Waals surface area (Å²) >= 11 is 5.55. The second kappa shape index (κ2) is 5.40. The van der Waals surface area contributed by atoms with Gasteiger partial charge in [-0.2, -0.15) is 0 Å². The summed E-state index contributed by atoms with van der Waals surface area (Å²) in [4.78, 5) is 19.8. The molecule has 0 saturated carbocycles. The second-order valence-corrected chi connectivity index (χ2v) is 4.28. The van der Waals surface area contributed by atoms with Crippen LogP contribution in [-0.2, 0) is 11.3 Å². The molecule has 0 aliphatic carbocycles. The molecule has 6 heteroatoms. The van der Waals surface area contributed by atoms with Crippen LogP contribution in [0.15, 0.2) is 12.4 Å². The van der Waals surface area contributed by atoms with E-state index in [1.807, 2.05) is 17.3 Å². The average molecular weight is 257 g/mol. The molecule has 1 amide bonds. The molecule has 2 rings (SSSR count). The summed E-state index contributed by atoms with van der Waals surface area (Å²) in [5.41, 5.74) is 0. The Kier molecular flexibility index (Phi) is 3.89. The van der Waals surface area contributed by atoms with Crippen molar-refractivity contribution in [3.8, 4) is 0 Å². The van der Waals surface area contributed by atoms with Gasteiger partial charge in [0.2, 0.25) is 11.9 Å². The molecule has 5 nitrogen and oxygen atoms in total. The summed E-state index contributed by atoms with van der Waals surface area (Å²) in [6.45, 7) is 6.10. The van der Waals surface area contributed by atoms with Crippen molar-refractivity contribution in [2.24, 2.45) is 0 Å². The van der Waals surface area contributed by atoms with Gasteiger partial charge in [-0.15, -0.1) is 11.6 Å². The van der Waals surface area contributed by atoms with Gasteiger partial charge in [0, 0.05) is 45.1 Å². The van der Waals surface area contributed by atoms with E-state index in [0.29, 0.717) is 0 Å². The van der Waals surface area contributed by atoms with Crippen molar-refractivity contribution >= 4 is 23.5 Å². The molecule has 1 saturated heterocycles. The molecule has 0 radical (unpaired) electrons. The third-order valence-electron chi connectivity index (χ3n) is 3.06. The number of hydrogen-bond donors (Lipinski definition) is 0. The van der Waals surface area contributed by atoms with Crippen molar-refractivity contribution in [3.63, 3.8) is 0 Å². The standard InChI is InChI=1S/C11H17ClN4O/c1-2-14-4-3-13-11(14)16-7-5-15(6-8-16)10(17)9-12/h3-4H,2,5-9H2,1H3. The van der Waals surface area contributed by atoms with E-state index >= 15 is 0 Å². The molecule has 0 bridgehead atoms.